The molecule has 2 N–H and O–H groups in total. The number of aromatic nitrogens is 2. The normalized spacial score (nSPS) is 12.0. The highest BCUT2D eigenvalue weighted by Crippen LogP contribution is 2.25. The van der Waals surface area contributed by atoms with Crippen molar-refractivity contribution < 1.29 is 9.59 Å². The predicted molar refractivity (Wildman–Crippen MR) is 105 cm³/mol. The Morgan fingerprint density at radius 3 is 2.52 bits per heavy atom. The molecule has 0 aliphatic heterocycles. The maximum Gasteiger partial charge on any atom is 0.225 e. The average Bonchev–Trinajstić information content (AvgIpc) is 2.93. The maximum absolute atomic E-state index is 12.9. The fourth-order valence-corrected chi connectivity index (χ4v) is 3.39. The van der Waals surface area contributed by atoms with Gasteiger partial charge in [0.1, 0.15) is 0 Å². The van der Waals surface area contributed by atoms with Crippen molar-refractivity contribution in [2.75, 3.05) is 0 Å². The number of primary amides is 1. The molecule has 1 aromatic carbocycles. The van der Waals surface area contributed by atoms with Crippen molar-refractivity contribution in [3.63, 3.8) is 0 Å². The first-order valence-electron chi connectivity index (χ1n) is 8.53. The van der Waals surface area contributed by atoms with Gasteiger partial charge in [-0.05, 0) is 54.4 Å². The van der Waals surface area contributed by atoms with Crippen LogP contribution in [-0.2, 0) is 18.3 Å². The van der Waals surface area contributed by atoms with E-state index in [0.717, 1.165) is 16.8 Å². The monoisotopic (exact) mass is 381 g/mol. The molecule has 2 aromatic heterocycles. The Hall–Kier alpha value is -2.92. The highest BCUT2D eigenvalue weighted by Gasteiger charge is 2.24. The molecule has 1 unspecified atom stereocenters. The summed E-state index contributed by atoms with van der Waals surface area (Å²) in [5.74, 6) is -1.02. The van der Waals surface area contributed by atoms with E-state index in [1.165, 1.54) is 0 Å². The van der Waals surface area contributed by atoms with Crippen LogP contribution in [0.4, 0.5) is 0 Å². The minimum atomic E-state index is -0.509. The quantitative estimate of drug-likeness (QED) is 0.664. The number of rotatable bonds is 6. The van der Waals surface area contributed by atoms with Gasteiger partial charge in [0.2, 0.25) is 11.7 Å². The number of carbonyl (C=O) groups excluding carboxylic acids is 2. The summed E-state index contributed by atoms with van der Waals surface area (Å²) in [6.07, 6.45) is 3.69. The standard InChI is InChI=1S/C21H20ClN3O2/c1-13-10-17(11-18(21(23)27)15-4-3-9-24-12-15)25(2)19(13)20(26)14-5-7-16(22)8-6-14/h3-10,12,18H,11H2,1-2H3,(H2,23,27). The second-order valence-corrected chi connectivity index (χ2v) is 6.94. The van der Waals surface area contributed by atoms with Gasteiger partial charge in [-0.3, -0.25) is 14.6 Å². The van der Waals surface area contributed by atoms with E-state index in [2.05, 4.69) is 4.98 Å². The van der Waals surface area contributed by atoms with E-state index in [4.69, 9.17) is 17.3 Å². The van der Waals surface area contributed by atoms with Gasteiger partial charge in [0.15, 0.2) is 0 Å². The number of nitrogens with zero attached hydrogens (tertiary/aromatic N) is 2. The van der Waals surface area contributed by atoms with Crippen molar-refractivity contribution in [1.82, 2.24) is 9.55 Å². The minimum absolute atomic E-state index is 0.0880. The number of hydrogen-bond acceptors (Lipinski definition) is 3. The van der Waals surface area contributed by atoms with Crippen LogP contribution in [0.15, 0.2) is 54.9 Å². The van der Waals surface area contributed by atoms with Crippen LogP contribution in [0.5, 0.6) is 0 Å². The number of benzene rings is 1. The zero-order valence-corrected chi connectivity index (χ0v) is 15.9. The molecule has 0 aliphatic rings. The molecule has 0 spiro atoms. The van der Waals surface area contributed by atoms with E-state index in [1.807, 2.05) is 30.7 Å². The van der Waals surface area contributed by atoms with Crippen LogP contribution in [0.2, 0.25) is 5.02 Å². The molecule has 0 saturated carbocycles. The van der Waals surface area contributed by atoms with E-state index in [1.54, 1.807) is 42.7 Å². The number of nitrogens with two attached hydrogens (primary N) is 1. The largest absolute Gasteiger partial charge is 0.369 e. The number of pyridine rings is 1. The van der Waals surface area contributed by atoms with Crippen molar-refractivity contribution in [1.29, 1.82) is 0 Å². The summed E-state index contributed by atoms with van der Waals surface area (Å²) in [5, 5.41) is 0.580. The van der Waals surface area contributed by atoms with E-state index >= 15 is 0 Å². The molecule has 1 atom stereocenters. The fourth-order valence-electron chi connectivity index (χ4n) is 3.26. The molecule has 0 bridgehead atoms. The lowest BCUT2D eigenvalue weighted by Gasteiger charge is -2.15. The lowest BCUT2D eigenvalue weighted by molar-refractivity contribution is -0.119. The second-order valence-electron chi connectivity index (χ2n) is 6.51. The molecule has 0 radical (unpaired) electrons. The number of ketones is 1. The lowest BCUT2D eigenvalue weighted by atomic mass is 9.95. The molecule has 5 nitrogen and oxygen atoms in total. The smallest absolute Gasteiger partial charge is 0.225 e. The van der Waals surface area contributed by atoms with Crippen LogP contribution >= 0.6 is 11.6 Å². The van der Waals surface area contributed by atoms with Gasteiger partial charge in [0, 0.05) is 42.1 Å². The van der Waals surface area contributed by atoms with Crippen LogP contribution in [0, 0.1) is 6.92 Å². The van der Waals surface area contributed by atoms with E-state index in [0.29, 0.717) is 22.7 Å². The SMILES string of the molecule is Cc1cc(CC(C(N)=O)c2cccnc2)n(C)c1C(=O)c1ccc(Cl)cc1. The first-order chi connectivity index (χ1) is 12.9. The first kappa shape index (κ1) is 18.9. The van der Waals surface area contributed by atoms with Gasteiger partial charge in [-0.1, -0.05) is 17.7 Å². The van der Waals surface area contributed by atoms with Crippen molar-refractivity contribution in [2.45, 2.75) is 19.3 Å². The van der Waals surface area contributed by atoms with Gasteiger partial charge in [0.05, 0.1) is 11.6 Å². The molecule has 2 heterocycles. The highest BCUT2D eigenvalue weighted by atomic mass is 35.5. The number of amides is 1. The third kappa shape index (κ3) is 3.93. The molecular formula is C21H20ClN3O2. The third-order valence-corrected chi connectivity index (χ3v) is 4.94. The summed E-state index contributed by atoms with van der Waals surface area (Å²) in [6, 6.07) is 12.3. The zero-order chi connectivity index (χ0) is 19.6. The van der Waals surface area contributed by atoms with Gasteiger partial charge >= 0.3 is 0 Å². The molecule has 6 heteroatoms. The Kier molecular flexibility index (Phi) is 5.42. The van der Waals surface area contributed by atoms with Gasteiger partial charge in [-0.2, -0.15) is 0 Å². The average molecular weight is 382 g/mol. The maximum atomic E-state index is 12.9. The van der Waals surface area contributed by atoms with Crippen LogP contribution in [0.1, 0.15) is 38.8 Å². The summed E-state index contributed by atoms with van der Waals surface area (Å²) in [7, 11) is 1.83. The Bertz CT molecular complexity index is 979. The summed E-state index contributed by atoms with van der Waals surface area (Å²) in [4.78, 5) is 29.0. The number of halogens is 1. The Morgan fingerprint density at radius 2 is 1.93 bits per heavy atom. The summed E-state index contributed by atoms with van der Waals surface area (Å²) < 4.78 is 1.83. The molecule has 0 saturated heterocycles. The molecule has 0 aliphatic carbocycles. The zero-order valence-electron chi connectivity index (χ0n) is 15.1. The molecule has 27 heavy (non-hydrogen) atoms. The predicted octanol–water partition coefficient (Wildman–Crippen LogP) is 3.42. The van der Waals surface area contributed by atoms with Gasteiger partial charge < -0.3 is 10.3 Å². The summed E-state index contributed by atoms with van der Waals surface area (Å²) in [6.45, 7) is 1.88. The first-order valence-corrected chi connectivity index (χ1v) is 8.91. The number of hydrogen-bond donors (Lipinski definition) is 1. The third-order valence-electron chi connectivity index (χ3n) is 4.69. The second kappa shape index (κ2) is 7.76. The van der Waals surface area contributed by atoms with Crippen molar-refractivity contribution in [3.05, 3.63) is 88.0 Å². The highest BCUT2D eigenvalue weighted by molar-refractivity contribution is 6.30. The summed E-state index contributed by atoms with van der Waals surface area (Å²) in [5.41, 5.74) is 9.24. The Labute approximate surface area is 162 Å². The van der Waals surface area contributed by atoms with E-state index in [-0.39, 0.29) is 5.78 Å². The molecule has 3 rings (SSSR count). The van der Waals surface area contributed by atoms with E-state index in [9.17, 15) is 9.59 Å². The van der Waals surface area contributed by atoms with Crippen LogP contribution in [-0.4, -0.2) is 21.2 Å². The molecular weight excluding hydrogens is 362 g/mol. The molecule has 0 fully saturated rings. The van der Waals surface area contributed by atoms with Gasteiger partial charge in [-0.25, -0.2) is 0 Å². The molecule has 3 aromatic rings. The summed E-state index contributed by atoms with van der Waals surface area (Å²) >= 11 is 5.91. The van der Waals surface area contributed by atoms with Gasteiger partial charge in [0.25, 0.3) is 0 Å². The van der Waals surface area contributed by atoms with E-state index < -0.39 is 11.8 Å². The Morgan fingerprint density at radius 1 is 1.22 bits per heavy atom. The van der Waals surface area contributed by atoms with Crippen LogP contribution in [0.25, 0.3) is 0 Å². The van der Waals surface area contributed by atoms with Gasteiger partial charge in [-0.15, -0.1) is 0 Å². The van der Waals surface area contributed by atoms with Crippen LogP contribution in [0.3, 0.4) is 0 Å². The van der Waals surface area contributed by atoms with Crippen LogP contribution < -0.4 is 5.73 Å². The lowest BCUT2D eigenvalue weighted by Crippen LogP contribution is -2.24. The Balaban J connectivity index is 1.94. The molecule has 138 valence electrons. The number of aryl methyl sites for hydroxylation is 1. The molecule has 1 amide bonds. The number of carbonyl (C=O) groups is 2. The van der Waals surface area contributed by atoms with Crippen molar-refractivity contribution in [2.24, 2.45) is 12.8 Å². The van der Waals surface area contributed by atoms with Crippen molar-refractivity contribution >= 4 is 23.3 Å². The minimum Gasteiger partial charge on any atom is -0.369 e. The van der Waals surface area contributed by atoms with Crippen molar-refractivity contribution in [3.8, 4) is 0 Å². The fraction of sp³-hybridized carbons (Fsp3) is 0.190. The topological polar surface area (TPSA) is 78.0 Å².